The zero-order valence-corrected chi connectivity index (χ0v) is 14.4. The number of nitrogens with zero attached hydrogens (tertiary/aromatic N) is 2. The second kappa shape index (κ2) is 6.76. The van der Waals surface area contributed by atoms with Crippen LogP contribution in [0.5, 0.6) is 0 Å². The van der Waals surface area contributed by atoms with Crippen LogP contribution < -0.4 is 10.6 Å². The third-order valence-corrected chi connectivity index (χ3v) is 3.80. The van der Waals surface area contributed by atoms with Crippen LogP contribution in [0.15, 0.2) is 42.5 Å². The van der Waals surface area contributed by atoms with Crippen molar-refractivity contribution in [3.05, 3.63) is 53.6 Å². The maximum absolute atomic E-state index is 11.2. The van der Waals surface area contributed by atoms with E-state index >= 15 is 0 Å². The number of nitrogens with one attached hydrogen (secondary N) is 2. The smallest absolute Gasteiger partial charge is 0.325 e. The first-order valence-corrected chi connectivity index (χ1v) is 8.04. The molecule has 0 radical (unpaired) electrons. The van der Waals surface area contributed by atoms with Crippen LogP contribution >= 0.6 is 0 Å². The first-order chi connectivity index (χ1) is 11.9. The minimum Gasteiger partial charge on any atom is -0.480 e. The van der Waals surface area contributed by atoms with Gasteiger partial charge in [-0.3, -0.25) is 4.79 Å². The lowest BCUT2D eigenvalue weighted by atomic mass is 10.1. The molecule has 2 aromatic carbocycles. The fraction of sp³-hybridized carbons (Fsp3) is 0.211. The van der Waals surface area contributed by atoms with Gasteiger partial charge in [-0.2, -0.15) is 4.98 Å². The van der Waals surface area contributed by atoms with Gasteiger partial charge in [0.05, 0.1) is 5.52 Å². The van der Waals surface area contributed by atoms with Crippen LogP contribution in [0.2, 0.25) is 0 Å². The average Bonchev–Trinajstić information content (AvgIpc) is 2.53. The lowest BCUT2D eigenvalue weighted by Gasteiger charge is -2.14. The van der Waals surface area contributed by atoms with Crippen LogP contribution in [0, 0.1) is 13.8 Å². The molecule has 1 unspecified atom stereocenters. The second-order valence-corrected chi connectivity index (χ2v) is 6.12. The number of para-hydroxylation sites is 1. The van der Waals surface area contributed by atoms with E-state index in [1.165, 1.54) is 0 Å². The van der Waals surface area contributed by atoms with Crippen molar-refractivity contribution in [1.82, 2.24) is 9.97 Å². The Hall–Kier alpha value is -3.15. The zero-order chi connectivity index (χ0) is 18.0. The van der Waals surface area contributed by atoms with Gasteiger partial charge in [0, 0.05) is 11.1 Å². The maximum atomic E-state index is 11.2. The van der Waals surface area contributed by atoms with Gasteiger partial charge in [-0.05, 0) is 56.2 Å². The Balaban J connectivity index is 2.02. The van der Waals surface area contributed by atoms with E-state index in [9.17, 15) is 4.79 Å². The number of fused-ring (bicyclic) bond motifs is 1. The Labute approximate surface area is 145 Å². The van der Waals surface area contributed by atoms with Crippen molar-refractivity contribution in [3.63, 3.8) is 0 Å². The number of benzene rings is 2. The summed E-state index contributed by atoms with van der Waals surface area (Å²) in [5.74, 6) is -0.0253. The first kappa shape index (κ1) is 16.7. The quantitative estimate of drug-likeness (QED) is 0.655. The summed E-state index contributed by atoms with van der Waals surface area (Å²) in [6.45, 7) is 5.64. The number of hydrogen-bond acceptors (Lipinski definition) is 5. The Kier molecular flexibility index (Phi) is 4.52. The van der Waals surface area contributed by atoms with E-state index in [0.29, 0.717) is 11.8 Å². The van der Waals surface area contributed by atoms with E-state index in [2.05, 4.69) is 26.7 Å². The number of aryl methyl sites for hydroxylation is 2. The molecular formula is C19H20N4O2. The van der Waals surface area contributed by atoms with E-state index in [-0.39, 0.29) is 0 Å². The molecule has 128 valence electrons. The van der Waals surface area contributed by atoms with Gasteiger partial charge in [0.15, 0.2) is 0 Å². The number of carbonyl (C=O) groups is 1. The number of anilines is 3. The number of hydrogen-bond donors (Lipinski definition) is 3. The molecule has 3 N–H and O–H groups in total. The molecule has 0 bridgehead atoms. The summed E-state index contributed by atoms with van der Waals surface area (Å²) < 4.78 is 0. The number of aliphatic carboxylic acids is 1. The summed E-state index contributed by atoms with van der Waals surface area (Å²) in [7, 11) is 0. The third-order valence-electron chi connectivity index (χ3n) is 3.80. The molecular weight excluding hydrogens is 316 g/mol. The predicted molar refractivity (Wildman–Crippen MR) is 99.5 cm³/mol. The van der Waals surface area contributed by atoms with Crippen molar-refractivity contribution in [2.24, 2.45) is 0 Å². The molecule has 0 saturated heterocycles. The van der Waals surface area contributed by atoms with E-state index in [1.54, 1.807) is 6.92 Å². The van der Waals surface area contributed by atoms with E-state index in [0.717, 1.165) is 27.7 Å². The van der Waals surface area contributed by atoms with Crippen LogP contribution in [0.4, 0.5) is 17.5 Å². The van der Waals surface area contributed by atoms with Gasteiger partial charge in [0.25, 0.3) is 0 Å². The van der Waals surface area contributed by atoms with Gasteiger partial charge in [-0.15, -0.1) is 0 Å². The van der Waals surface area contributed by atoms with Crippen molar-refractivity contribution < 1.29 is 9.90 Å². The molecule has 1 atom stereocenters. The third kappa shape index (κ3) is 3.85. The van der Waals surface area contributed by atoms with Crippen LogP contribution in [-0.4, -0.2) is 27.1 Å². The molecule has 0 spiro atoms. The zero-order valence-electron chi connectivity index (χ0n) is 14.4. The highest BCUT2D eigenvalue weighted by Gasteiger charge is 2.14. The molecule has 0 aliphatic rings. The van der Waals surface area contributed by atoms with Gasteiger partial charge in [-0.25, -0.2) is 4.98 Å². The lowest BCUT2D eigenvalue weighted by molar-refractivity contribution is -0.137. The average molecular weight is 336 g/mol. The normalized spacial score (nSPS) is 12.0. The minimum absolute atomic E-state index is 0.420. The summed E-state index contributed by atoms with van der Waals surface area (Å²) in [5.41, 5.74) is 3.91. The molecule has 3 aromatic rings. The van der Waals surface area contributed by atoms with Crippen molar-refractivity contribution in [1.29, 1.82) is 0 Å². The molecule has 0 aliphatic heterocycles. The Bertz CT molecular complexity index is 920. The van der Waals surface area contributed by atoms with Gasteiger partial charge in [0.2, 0.25) is 5.95 Å². The van der Waals surface area contributed by atoms with Gasteiger partial charge in [0.1, 0.15) is 11.9 Å². The lowest BCUT2D eigenvalue weighted by Crippen LogP contribution is -2.26. The number of carboxylic acids is 1. The summed E-state index contributed by atoms with van der Waals surface area (Å²) >= 11 is 0. The molecule has 6 heteroatoms. The van der Waals surface area contributed by atoms with Crippen molar-refractivity contribution >= 4 is 34.3 Å². The second-order valence-electron chi connectivity index (χ2n) is 6.12. The number of carboxylic acid groups (broad SMARTS) is 1. The van der Waals surface area contributed by atoms with Gasteiger partial charge >= 0.3 is 5.97 Å². The molecule has 0 aliphatic carbocycles. The van der Waals surface area contributed by atoms with Crippen LogP contribution in [0.3, 0.4) is 0 Å². The monoisotopic (exact) mass is 336 g/mol. The standard InChI is InChI=1S/C19H20N4O2/c1-11-8-12(2)10-14(9-11)21-19-22-16-7-5-4-6-15(16)17(23-19)20-13(3)18(24)25/h4-10,13H,1-3H3,(H,24,25)(H2,20,21,22,23). The van der Waals surface area contributed by atoms with Crippen LogP contribution in [0.25, 0.3) is 10.9 Å². The fourth-order valence-electron chi connectivity index (χ4n) is 2.69. The highest BCUT2D eigenvalue weighted by Crippen LogP contribution is 2.25. The van der Waals surface area contributed by atoms with E-state index in [1.807, 2.05) is 50.2 Å². The minimum atomic E-state index is -0.938. The first-order valence-electron chi connectivity index (χ1n) is 8.04. The Morgan fingerprint density at radius 3 is 2.44 bits per heavy atom. The van der Waals surface area contributed by atoms with E-state index < -0.39 is 12.0 Å². The maximum Gasteiger partial charge on any atom is 0.325 e. The molecule has 6 nitrogen and oxygen atoms in total. The van der Waals surface area contributed by atoms with Crippen molar-refractivity contribution in [2.75, 3.05) is 10.6 Å². The largest absolute Gasteiger partial charge is 0.480 e. The number of aromatic nitrogens is 2. The molecule has 1 aromatic heterocycles. The molecule has 0 saturated carbocycles. The molecule has 25 heavy (non-hydrogen) atoms. The Morgan fingerprint density at radius 1 is 1.08 bits per heavy atom. The highest BCUT2D eigenvalue weighted by atomic mass is 16.4. The topological polar surface area (TPSA) is 87.1 Å². The summed E-state index contributed by atoms with van der Waals surface area (Å²) in [4.78, 5) is 20.2. The van der Waals surface area contributed by atoms with Crippen molar-refractivity contribution in [3.8, 4) is 0 Å². The Morgan fingerprint density at radius 2 is 1.76 bits per heavy atom. The van der Waals surface area contributed by atoms with Crippen LogP contribution in [0.1, 0.15) is 18.1 Å². The molecule has 0 amide bonds. The summed E-state index contributed by atoms with van der Waals surface area (Å²) in [6.07, 6.45) is 0. The van der Waals surface area contributed by atoms with E-state index in [4.69, 9.17) is 5.11 Å². The SMILES string of the molecule is Cc1cc(C)cc(Nc2nc(NC(C)C(=O)O)c3ccccc3n2)c1. The number of rotatable bonds is 5. The predicted octanol–water partition coefficient (Wildman–Crippen LogP) is 3.88. The summed E-state index contributed by atoms with van der Waals surface area (Å²) in [5, 5.41) is 16.1. The van der Waals surface area contributed by atoms with Gasteiger partial charge < -0.3 is 15.7 Å². The summed E-state index contributed by atoms with van der Waals surface area (Å²) in [6, 6.07) is 12.9. The molecule has 3 rings (SSSR count). The van der Waals surface area contributed by atoms with Crippen LogP contribution in [-0.2, 0) is 4.79 Å². The molecule has 1 heterocycles. The highest BCUT2D eigenvalue weighted by molar-refractivity contribution is 5.92. The van der Waals surface area contributed by atoms with Gasteiger partial charge in [-0.1, -0.05) is 18.2 Å². The molecule has 0 fully saturated rings. The van der Waals surface area contributed by atoms with Crippen molar-refractivity contribution in [2.45, 2.75) is 26.8 Å². The fourth-order valence-corrected chi connectivity index (χ4v) is 2.69.